The fourth-order valence-corrected chi connectivity index (χ4v) is 4.87. The summed E-state index contributed by atoms with van der Waals surface area (Å²) in [6, 6.07) is 4.97. The molecule has 0 aliphatic carbocycles. The van der Waals surface area contributed by atoms with Gasteiger partial charge in [0.25, 0.3) is 0 Å². The van der Waals surface area contributed by atoms with Gasteiger partial charge in [0.15, 0.2) is 0 Å². The molecule has 2 aromatic heterocycles. The molecule has 104 valence electrons. The summed E-state index contributed by atoms with van der Waals surface area (Å²) in [5, 5.41) is 13.0. The summed E-state index contributed by atoms with van der Waals surface area (Å²) in [7, 11) is -3.49. The zero-order valence-electron chi connectivity index (χ0n) is 10.4. The molecule has 4 nitrogen and oxygen atoms in total. The third-order valence-corrected chi connectivity index (χ3v) is 6.42. The largest absolute Gasteiger partial charge is 0.391 e. The minimum atomic E-state index is -3.49. The molecule has 0 radical (unpaired) electrons. The van der Waals surface area contributed by atoms with Crippen molar-refractivity contribution in [1.82, 2.24) is 4.72 Å². The minimum absolute atomic E-state index is 0.134. The van der Waals surface area contributed by atoms with Gasteiger partial charge < -0.3 is 5.11 Å². The molecule has 7 heteroatoms. The highest BCUT2D eigenvalue weighted by molar-refractivity contribution is 7.91. The molecule has 1 atom stereocenters. The second-order valence-electron chi connectivity index (χ2n) is 4.24. The van der Waals surface area contributed by atoms with Gasteiger partial charge in [0.2, 0.25) is 10.0 Å². The van der Waals surface area contributed by atoms with Gasteiger partial charge in [-0.25, -0.2) is 13.1 Å². The third-order valence-electron chi connectivity index (χ3n) is 2.54. The standard InChI is InChI=1S/C12H15NO3S3/c1-9(6-10-4-5-17-8-10)13-19(15,16)12-3-2-11(7-14)18-12/h2-5,8-9,13-14H,6-7H2,1H3. The lowest BCUT2D eigenvalue weighted by molar-refractivity contribution is 0.285. The highest BCUT2D eigenvalue weighted by atomic mass is 32.2. The first-order valence-corrected chi connectivity index (χ1v) is 8.98. The van der Waals surface area contributed by atoms with Crippen LogP contribution < -0.4 is 4.72 Å². The number of nitrogens with one attached hydrogen (secondary N) is 1. The Morgan fingerprint density at radius 1 is 1.37 bits per heavy atom. The minimum Gasteiger partial charge on any atom is -0.391 e. The Morgan fingerprint density at radius 3 is 2.74 bits per heavy atom. The molecule has 0 saturated heterocycles. The lowest BCUT2D eigenvalue weighted by Crippen LogP contribution is -2.33. The average Bonchev–Trinajstić information content (AvgIpc) is 2.97. The number of aliphatic hydroxyl groups excluding tert-OH is 1. The van der Waals surface area contributed by atoms with Crippen LogP contribution in [0.2, 0.25) is 0 Å². The van der Waals surface area contributed by atoms with Crippen LogP contribution in [0.5, 0.6) is 0 Å². The second kappa shape index (κ2) is 6.15. The zero-order chi connectivity index (χ0) is 13.9. The molecule has 2 heterocycles. The first kappa shape index (κ1) is 14.7. The van der Waals surface area contributed by atoms with Crippen LogP contribution in [0, 0.1) is 0 Å². The van der Waals surface area contributed by atoms with Gasteiger partial charge in [0, 0.05) is 10.9 Å². The molecule has 0 saturated carbocycles. The van der Waals surface area contributed by atoms with E-state index >= 15 is 0 Å². The summed E-state index contributed by atoms with van der Waals surface area (Å²) in [6.07, 6.45) is 0.668. The molecule has 2 aromatic rings. The normalized spacial score (nSPS) is 13.6. The van der Waals surface area contributed by atoms with E-state index in [9.17, 15) is 8.42 Å². The number of thiophene rings is 2. The molecule has 0 bridgehead atoms. The Morgan fingerprint density at radius 2 is 2.16 bits per heavy atom. The van der Waals surface area contributed by atoms with Crippen molar-refractivity contribution < 1.29 is 13.5 Å². The molecular formula is C12H15NO3S3. The van der Waals surface area contributed by atoms with E-state index in [1.165, 1.54) is 6.07 Å². The van der Waals surface area contributed by atoms with Gasteiger partial charge in [0.1, 0.15) is 4.21 Å². The Kier molecular flexibility index (Phi) is 4.75. The zero-order valence-corrected chi connectivity index (χ0v) is 12.8. The highest BCUT2D eigenvalue weighted by Crippen LogP contribution is 2.22. The van der Waals surface area contributed by atoms with E-state index in [-0.39, 0.29) is 16.9 Å². The van der Waals surface area contributed by atoms with Crippen LogP contribution in [-0.2, 0) is 23.1 Å². The molecule has 0 spiro atoms. The van der Waals surface area contributed by atoms with Gasteiger partial charge >= 0.3 is 0 Å². The molecule has 0 aliphatic heterocycles. The van der Waals surface area contributed by atoms with Crippen molar-refractivity contribution in [3.8, 4) is 0 Å². The van der Waals surface area contributed by atoms with Gasteiger partial charge in [-0.1, -0.05) is 0 Å². The van der Waals surface area contributed by atoms with Crippen molar-refractivity contribution in [2.75, 3.05) is 0 Å². The maximum Gasteiger partial charge on any atom is 0.250 e. The predicted octanol–water partition coefficient (Wildman–Crippen LogP) is 2.21. The summed E-state index contributed by atoms with van der Waals surface area (Å²) in [5.41, 5.74) is 1.13. The Bertz CT molecular complexity index is 616. The van der Waals surface area contributed by atoms with Crippen LogP contribution in [-0.4, -0.2) is 19.6 Å². The monoisotopic (exact) mass is 317 g/mol. The molecule has 19 heavy (non-hydrogen) atoms. The van der Waals surface area contributed by atoms with Crippen LogP contribution in [0.4, 0.5) is 0 Å². The second-order valence-corrected chi connectivity index (χ2v) is 8.13. The summed E-state index contributed by atoms with van der Waals surface area (Å²) >= 11 is 2.69. The van der Waals surface area contributed by atoms with Gasteiger partial charge in [-0.3, -0.25) is 0 Å². The van der Waals surface area contributed by atoms with Crippen molar-refractivity contribution in [3.05, 3.63) is 39.4 Å². The molecule has 0 aliphatic rings. The van der Waals surface area contributed by atoms with Crippen LogP contribution in [0.25, 0.3) is 0 Å². The predicted molar refractivity (Wildman–Crippen MR) is 78.0 cm³/mol. The maximum absolute atomic E-state index is 12.1. The van der Waals surface area contributed by atoms with E-state index in [4.69, 9.17) is 5.11 Å². The van der Waals surface area contributed by atoms with Gasteiger partial charge in [0.05, 0.1) is 6.61 Å². The Labute approximate surface area is 120 Å². The first-order chi connectivity index (χ1) is 9.01. The van der Waals surface area contributed by atoms with Gasteiger partial charge in [-0.15, -0.1) is 11.3 Å². The number of rotatable bonds is 6. The van der Waals surface area contributed by atoms with E-state index in [2.05, 4.69) is 4.72 Å². The van der Waals surface area contributed by atoms with Crippen LogP contribution in [0.1, 0.15) is 17.4 Å². The molecule has 2 N–H and O–H groups in total. The number of sulfonamides is 1. The number of hydrogen-bond acceptors (Lipinski definition) is 5. The lowest BCUT2D eigenvalue weighted by atomic mass is 10.1. The quantitative estimate of drug-likeness (QED) is 0.858. The molecule has 2 rings (SSSR count). The van der Waals surface area contributed by atoms with Crippen LogP contribution in [0.15, 0.2) is 33.2 Å². The highest BCUT2D eigenvalue weighted by Gasteiger charge is 2.19. The maximum atomic E-state index is 12.1. The molecule has 0 amide bonds. The third kappa shape index (κ3) is 3.87. The average molecular weight is 317 g/mol. The summed E-state index contributed by atoms with van der Waals surface area (Å²) < 4.78 is 27.1. The molecular weight excluding hydrogens is 302 g/mol. The van der Waals surface area contributed by atoms with Crippen LogP contribution in [0.3, 0.4) is 0 Å². The molecule has 1 unspecified atom stereocenters. The molecule has 0 fully saturated rings. The van der Waals surface area contributed by atoms with E-state index in [1.54, 1.807) is 17.4 Å². The summed E-state index contributed by atoms with van der Waals surface area (Å²) in [5.74, 6) is 0. The summed E-state index contributed by atoms with van der Waals surface area (Å²) in [6.45, 7) is 1.71. The Balaban J connectivity index is 2.04. The van der Waals surface area contributed by atoms with Gasteiger partial charge in [-0.2, -0.15) is 11.3 Å². The van der Waals surface area contributed by atoms with Crippen molar-refractivity contribution in [2.45, 2.75) is 30.2 Å². The number of aliphatic hydroxyl groups is 1. The van der Waals surface area contributed by atoms with E-state index in [1.807, 2.05) is 23.8 Å². The fourth-order valence-electron chi connectivity index (χ4n) is 1.71. The topological polar surface area (TPSA) is 66.4 Å². The molecule has 0 aromatic carbocycles. The van der Waals surface area contributed by atoms with E-state index in [0.717, 1.165) is 16.9 Å². The summed E-state index contributed by atoms with van der Waals surface area (Å²) in [4.78, 5) is 0.644. The van der Waals surface area contributed by atoms with Crippen molar-refractivity contribution >= 4 is 32.7 Å². The van der Waals surface area contributed by atoms with Crippen LogP contribution >= 0.6 is 22.7 Å². The van der Waals surface area contributed by atoms with Crippen molar-refractivity contribution in [1.29, 1.82) is 0 Å². The van der Waals surface area contributed by atoms with Crippen molar-refractivity contribution in [3.63, 3.8) is 0 Å². The van der Waals surface area contributed by atoms with Gasteiger partial charge in [-0.05, 0) is 47.9 Å². The Hall–Kier alpha value is -0.730. The first-order valence-electron chi connectivity index (χ1n) is 5.74. The smallest absolute Gasteiger partial charge is 0.250 e. The van der Waals surface area contributed by atoms with E-state index < -0.39 is 10.0 Å². The fraction of sp³-hybridized carbons (Fsp3) is 0.333. The SMILES string of the molecule is CC(Cc1ccsc1)NS(=O)(=O)c1ccc(CO)s1. The lowest BCUT2D eigenvalue weighted by Gasteiger charge is -2.12. The number of hydrogen-bond donors (Lipinski definition) is 2. The van der Waals surface area contributed by atoms with Crippen molar-refractivity contribution in [2.24, 2.45) is 0 Å². The van der Waals surface area contributed by atoms with E-state index in [0.29, 0.717) is 11.3 Å².